The molecule has 0 radical (unpaired) electrons. The molecule has 2 bridgehead atoms. The van der Waals surface area contributed by atoms with Crippen molar-refractivity contribution >= 4 is 35.1 Å². The Bertz CT molecular complexity index is 1720. The number of methoxy groups -OCH3 is 2. The molecule has 8 rings (SSSR count). The first-order valence-corrected chi connectivity index (χ1v) is 14.3. The van der Waals surface area contributed by atoms with Crippen LogP contribution in [-0.4, -0.2) is 44.5 Å². The summed E-state index contributed by atoms with van der Waals surface area (Å²) in [6.07, 6.45) is 0. The number of hydrogen-bond acceptors (Lipinski definition) is 7. The number of carbonyl (C=O) groups is 4. The van der Waals surface area contributed by atoms with Gasteiger partial charge in [-0.1, -0.05) is 48.5 Å². The fourth-order valence-corrected chi connectivity index (χ4v) is 6.98. The van der Waals surface area contributed by atoms with Gasteiger partial charge in [0, 0.05) is 17.9 Å². The van der Waals surface area contributed by atoms with Gasteiger partial charge < -0.3 is 19.5 Å². The standard InChI is InChI=1S/C35H28N2O7/c1-42-21-15-16-26(27(17-21)43-2)36-28(38)18-44-35(41)19-11-13-20(14-12-19)37-33(39)31-29-22-7-3-4-8-23(22)30(32(31)34(37)40)25-10-6-5-9-24(25)29/h3-17,29-32H,18H2,1-2H3,(H,36,38)/t29?,30?,31-,32+. The average molecular weight is 589 g/mol. The van der Waals surface area contributed by atoms with E-state index in [0.29, 0.717) is 22.9 Å². The zero-order valence-electron chi connectivity index (χ0n) is 24.0. The lowest BCUT2D eigenvalue weighted by atomic mass is 9.55. The van der Waals surface area contributed by atoms with Gasteiger partial charge in [0.1, 0.15) is 11.5 Å². The molecule has 1 fully saturated rings. The lowest BCUT2D eigenvalue weighted by molar-refractivity contribution is -0.122. The van der Waals surface area contributed by atoms with Gasteiger partial charge in [0.25, 0.3) is 5.91 Å². The molecule has 44 heavy (non-hydrogen) atoms. The van der Waals surface area contributed by atoms with Crippen LogP contribution in [0.4, 0.5) is 11.4 Å². The zero-order chi connectivity index (χ0) is 30.5. The van der Waals surface area contributed by atoms with Crippen molar-refractivity contribution in [2.24, 2.45) is 11.8 Å². The van der Waals surface area contributed by atoms with Crippen LogP contribution >= 0.6 is 0 Å². The first-order valence-electron chi connectivity index (χ1n) is 14.3. The third kappa shape index (κ3) is 4.23. The van der Waals surface area contributed by atoms with Crippen LogP contribution in [0.5, 0.6) is 11.5 Å². The van der Waals surface area contributed by atoms with Gasteiger partial charge in [0.2, 0.25) is 11.8 Å². The normalized spacial score (nSPS) is 20.8. The van der Waals surface area contributed by atoms with Gasteiger partial charge in [-0.3, -0.25) is 14.4 Å². The third-order valence-electron chi connectivity index (χ3n) is 8.83. The van der Waals surface area contributed by atoms with E-state index in [1.54, 1.807) is 30.3 Å². The Morgan fingerprint density at radius 3 is 1.77 bits per heavy atom. The highest BCUT2D eigenvalue weighted by Gasteiger charge is 2.61. The molecule has 0 spiro atoms. The topological polar surface area (TPSA) is 111 Å². The van der Waals surface area contributed by atoms with Crippen LogP contribution in [-0.2, 0) is 19.1 Å². The molecule has 0 aromatic heterocycles. The van der Waals surface area contributed by atoms with Gasteiger partial charge >= 0.3 is 5.97 Å². The molecule has 0 unspecified atom stereocenters. The Labute approximate surface area is 253 Å². The number of nitrogens with one attached hydrogen (secondary N) is 1. The summed E-state index contributed by atoms with van der Waals surface area (Å²) in [4.78, 5) is 54.3. The Hall–Kier alpha value is -5.44. The highest BCUT2D eigenvalue weighted by molar-refractivity contribution is 6.23. The van der Waals surface area contributed by atoms with Crippen molar-refractivity contribution in [3.05, 3.63) is 119 Å². The van der Waals surface area contributed by atoms with Crippen molar-refractivity contribution in [2.75, 3.05) is 31.0 Å². The Morgan fingerprint density at radius 2 is 1.27 bits per heavy atom. The fourth-order valence-electron chi connectivity index (χ4n) is 6.98. The van der Waals surface area contributed by atoms with Crippen LogP contribution in [0.3, 0.4) is 0 Å². The van der Waals surface area contributed by atoms with E-state index in [0.717, 1.165) is 22.3 Å². The van der Waals surface area contributed by atoms with E-state index in [9.17, 15) is 19.2 Å². The number of imide groups is 1. The largest absolute Gasteiger partial charge is 0.497 e. The van der Waals surface area contributed by atoms with E-state index >= 15 is 0 Å². The number of esters is 1. The van der Waals surface area contributed by atoms with Crippen molar-refractivity contribution in [1.29, 1.82) is 0 Å². The van der Waals surface area contributed by atoms with Crippen LogP contribution < -0.4 is 19.7 Å². The number of nitrogens with zero attached hydrogens (tertiary/aromatic N) is 1. The number of benzene rings is 4. The van der Waals surface area contributed by atoms with Crippen LogP contribution in [0.25, 0.3) is 0 Å². The lowest BCUT2D eigenvalue weighted by Crippen LogP contribution is -2.41. The number of anilines is 2. The molecule has 4 aliphatic rings. The maximum absolute atomic E-state index is 13.9. The quantitative estimate of drug-likeness (QED) is 0.242. The summed E-state index contributed by atoms with van der Waals surface area (Å²) in [5.41, 5.74) is 5.39. The molecule has 1 saturated heterocycles. The highest BCUT2D eigenvalue weighted by atomic mass is 16.5. The van der Waals surface area contributed by atoms with Crippen molar-refractivity contribution in [2.45, 2.75) is 11.8 Å². The molecule has 3 aliphatic carbocycles. The second kappa shape index (κ2) is 10.7. The van der Waals surface area contributed by atoms with Crippen molar-refractivity contribution in [3.8, 4) is 11.5 Å². The Kier molecular flexibility index (Phi) is 6.65. The molecule has 1 aliphatic heterocycles. The highest BCUT2D eigenvalue weighted by Crippen LogP contribution is 2.61. The summed E-state index contributed by atoms with van der Waals surface area (Å²) in [7, 11) is 2.99. The first kappa shape index (κ1) is 27.4. The van der Waals surface area contributed by atoms with Gasteiger partial charge in [-0.2, -0.15) is 0 Å². The summed E-state index contributed by atoms with van der Waals surface area (Å²) in [6, 6.07) is 27.2. The second-order valence-electron chi connectivity index (χ2n) is 11.0. The maximum atomic E-state index is 13.9. The number of amides is 3. The summed E-state index contributed by atoms with van der Waals surface area (Å²) >= 11 is 0. The summed E-state index contributed by atoms with van der Waals surface area (Å²) in [5.74, 6) is -2.17. The predicted octanol–water partition coefficient (Wildman–Crippen LogP) is 4.90. The van der Waals surface area contributed by atoms with E-state index in [4.69, 9.17) is 14.2 Å². The van der Waals surface area contributed by atoms with Gasteiger partial charge in [-0.05, 0) is 58.7 Å². The number of hydrogen-bond donors (Lipinski definition) is 1. The average Bonchev–Trinajstić information content (AvgIpc) is 3.33. The first-order chi connectivity index (χ1) is 21.4. The fraction of sp³-hybridized carbons (Fsp3) is 0.200. The smallest absolute Gasteiger partial charge is 0.338 e. The molecule has 1 heterocycles. The Morgan fingerprint density at radius 1 is 0.727 bits per heavy atom. The molecular weight excluding hydrogens is 560 g/mol. The lowest BCUT2D eigenvalue weighted by Gasteiger charge is -2.45. The van der Waals surface area contributed by atoms with Crippen LogP contribution in [0, 0.1) is 11.8 Å². The summed E-state index contributed by atoms with van der Waals surface area (Å²) in [6.45, 7) is -0.522. The molecule has 4 aromatic rings. The SMILES string of the molecule is COc1ccc(NC(=O)COC(=O)c2ccc(N3C(=O)[C@@H]4C5c6ccccc6C(c6ccccc65)[C@@H]4C3=O)cc2)c(OC)c1. The minimum Gasteiger partial charge on any atom is -0.497 e. The molecule has 4 aromatic carbocycles. The molecular formula is C35H28N2O7. The molecule has 1 N–H and O–H groups in total. The van der Waals surface area contributed by atoms with Crippen molar-refractivity contribution < 1.29 is 33.4 Å². The number of rotatable bonds is 7. The van der Waals surface area contributed by atoms with E-state index in [-0.39, 0.29) is 29.2 Å². The molecule has 220 valence electrons. The van der Waals surface area contributed by atoms with Gasteiger partial charge in [-0.15, -0.1) is 0 Å². The molecule has 9 nitrogen and oxygen atoms in total. The number of ether oxygens (including phenoxy) is 3. The number of carbonyl (C=O) groups excluding carboxylic acids is 4. The monoisotopic (exact) mass is 588 g/mol. The molecule has 9 heteroatoms. The van der Waals surface area contributed by atoms with Gasteiger partial charge in [-0.25, -0.2) is 9.69 Å². The second-order valence-corrected chi connectivity index (χ2v) is 11.0. The predicted molar refractivity (Wildman–Crippen MR) is 161 cm³/mol. The summed E-state index contributed by atoms with van der Waals surface area (Å²) in [5, 5.41) is 2.65. The van der Waals surface area contributed by atoms with E-state index in [1.807, 2.05) is 24.3 Å². The van der Waals surface area contributed by atoms with Crippen LogP contribution in [0.15, 0.2) is 91.0 Å². The van der Waals surface area contributed by atoms with E-state index in [2.05, 4.69) is 29.6 Å². The maximum Gasteiger partial charge on any atom is 0.338 e. The molecule has 2 atom stereocenters. The Balaban J connectivity index is 1.06. The molecule has 3 amide bonds. The van der Waals surface area contributed by atoms with Crippen molar-refractivity contribution in [3.63, 3.8) is 0 Å². The third-order valence-corrected chi connectivity index (χ3v) is 8.83. The summed E-state index contributed by atoms with van der Waals surface area (Å²) < 4.78 is 15.6. The zero-order valence-corrected chi connectivity index (χ0v) is 24.0. The van der Waals surface area contributed by atoms with Crippen LogP contribution in [0.2, 0.25) is 0 Å². The van der Waals surface area contributed by atoms with Gasteiger partial charge in [0.05, 0.1) is 43.0 Å². The minimum absolute atomic E-state index is 0.181. The van der Waals surface area contributed by atoms with Gasteiger partial charge in [0.15, 0.2) is 6.61 Å². The van der Waals surface area contributed by atoms with E-state index in [1.165, 1.54) is 31.3 Å². The molecule has 0 saturated carbocycles. The minimum atomic E-state index is -0.718. The van der Waals surface area contributed by atoms with Crippen LogP contribution in [0.1, 0.15) is 44.4 Å². The van der Waals surface area contributed by atoms with E-state index < -0.39 is 30.3 Å². The van der Waals surface area contributed by atoms with Crippen molar-refractivity contribution in [1.82, 2.24) is 0 Å².